The number of methoxy groups -OCH3 is 1. The van der Waals surface area contributed by atoms with Crippen LogP contribution in [0.5, 0.6) is 0 Å². The molecule has 1 heterocycles. The number of hydrogen-bond donors (Lipinski definition) is 2. The lowest BCUT2D eigenvalue weighted by atomic mass is 10.1. The Morgan fingerprint density at radius 2 is 2.05 bits per heavy atom. The van der Waals surface area contributed by atoms with Crippen LogP contribution in [0, 0.1) is 10.1 Å². The predicted molar refractivity (Wildman–Crippen MR) is 79.2 cm³/mol. The minimum absolute atomic E-state index is 0.00863. The van der Waals surface area contributed by atoms with E-state index < -0.39 is 4.92 Å². The van der Waals surface area contributed by atoms with Gasteiger partial charge in [0.1, 0.15) is 11.6 Å². The van der Waals surface area contributed by atoms with Gasteiger partial charge in [0.05, 0.1) is 29.2 Å². The third kappa shape index (κ3) is 5.00. The SMILES string of the molecule is CCCNc1cc([N+](=O)[O-])cc(NC(C)(C)COC)n1. The van der Waals surface area contributed by atoms with Crippen molar-refractivity contribution in [2.24, 2.45) is 0 Å². The van der Waals surface area contributed by atoms with Gasteiger partial charge in [0, 0.05) is 13.7 Å². The van der Waals surface area contributed by atoms with Gasteiger partial charge in [-0.15, -0.1) is 0 Å². The number of nitrogens with one attached hydrogen (secondary N) is 2. The summed E-state index contributed by atoms with van der Waals surface area (Å²) < 4.78 is 5.11. The fraction of sp³-hybridized carbons (Fsp3) is 0.615. The number of aromatic nitrogens is 1. The number of anilines is 2. The lowest BCUT2D eigenvalue weighted by molar-refractivity contribution is -0.384. The maximum atomic E-state index is 11.0. The molecule has 0 spiro atoms. The average Bonchev–Trinajstić information content (AvgIpc) is 2.35. The van der Waals surface area contributed by atoms with Gasteiger partial charge in [-0.2, -0.15) is 0 Å². The maximum Gasteiger partial charge on any atom is 0.276 e. The van der Waals surface area contributed by atoms with Crippen molar-refractivity contribution in [1.82, 2.24) is 4.98 Å². The quantitative estimate of drug-likeness (QED) is 0.563. The van der Waals surface area contributed by atoms with E-state index >= 15 is 0 Å². The van der Waals surface area contributed by atoms with Crippen LogP contribution in [-0.4, -0.2) is 35.7 Å². The Morgan fingerprint density at radius 1 is 1.40 bits per heavy atom. The first-order valence-corrected chi connectivity index (χ1v) is 6.55. The van der Waals surface area contributed by atoms with E-state index in [1.165, 1.54) is 12.1 Å². The predicted octanol–water partition coefficient (Wildman–Crippen LogP) is 2.65. The van der Waals surface area contributed by atoms with E-state index in [4.69, 9.17) is 4.74 Å². The monoisotopic (exact) mass is 282 g/mol. The molecule has 7 nitrogen and oxygen atoms in total. The minimum Gasteiger partial charge on any atom is -0.382 e. The smallest absolute Gasteiger partial charge is 0.276 e. The Bertz CT molecular complexity index is 463. The van der Waals surface area contributed by atoms with Crippen molar-refractivity contribution in [3.63, 3.8) is 0 Å². The van der Waals surface area contributed by atoms with E-state index in [1.54, 1.807) is 7.11 Å². The van der Waals surface area contributed by atoms with Gasteiger partial charge in [0.25, 0.3) is 5.69 Å². The second-order valence-electron chi connectivity index (χ2n) is 5.22. The van der Waals surface area contributed by atoms with E-state index in [0.717, 1.165) is 13.0 Å². The molecular weight excluding hydrogens is 260 g/mol. The van der Waals surface area contributed by atoms with Gasteiger partial charge in [-0.1, -0.05) is 6.92 Å². The number of nitro groups is 1. The molecule has 0 aliphatic carbocycles. The molecule has 0 aliphatic heterocycles. The summed E-state index contributed by atoms with van der Waals surface area (Å²) in [6.45, 7) is 7.09. The largest absolute Gasteiger partial charge is 0.382 e. The lowest BCUT2D eigenvalue weighted by Gasteiger charge is -2.26. The molecule has 0 saturated heterocycles. The van der Waals surface area contributed by atoms with E-state index in [2.05, 4.69) is 15.6 Å². The molecule has 0 amide bonds. The van der Waals surface area contributed by atoms with Crippen LogP contribution < -0.4 is 10.6 Å². The molecule has 7 heteroatoms. The molecule has 0 radical (unpaired) electrons. The summed E-state index contributed by atoms with van der Waals surface area (Å²) in [6, 6.07) is 2.86. The molecule has 2 N–H and O–H groups in total. The summed E-state index contributed by atoms with van der Waals surface area (Å²) in [5.74, 6) is 0.955. The van der Waals surface area contributed by atoms with Crippen molar-refractivity contribution in [3.05, 3.63) is 22.2 Å². The van der Waals surface area contributed by atoms with Crippen molar-refractivity contribution >= 4 is 17.3 Å². The first kappa shape index (κ1) is 16.2. The highest BCUT2D eigenvalue weighted by Gasteiger charge is 2.20. The molecule has 20 heavy (non-hydrogen) atoms. The van der Waals surface area contributed by atoms with Gasteiger partial charge in [-0.25, -0.2) is 4.98 Å². The highest BCUT2D eigenvalue weighted by molar-refractivity contribution is 5.55. The molecule has 112 valence electrons. The number of hydrogen-bond acceptors (Lipinski definition) is 6. The van der Waals surface area contributed by atoms with Crippen molar-refractivity contribution in [2.45, 2.75) is 32.7 Å². The van der Waals surface area contributed by atoms with Crippen molar-refractivity contribution in [3.8, 4) is 0 Å². The summed E-state index contributed by atoms with van der Waals surface area (Å²) in [4.78, 5) is 14.9. The molecular formula is C13H22N4O3. The first-order valence-electron chi connectivity index (χ1n) is 6.55. The Kier molecular flexibility index (Phi) is 5.69. The van der Waals surface area contributed by atoms with Gasteiger partial charge in [0.15, 0.2) is 0 Å². The molecule has 0 unspecified atom stereocenters. The summed E-state index contributed by atoms with van der Waals surface area (Å²) >= 11 is 0. The summed E-state index contributed by atoms with van der Waals surface area (Å²) in [5, 5.41) is 17.2. The number of nitrogens with zero attached hydrogens (tertiary/aromatic N) is 2. The van der Waals surface area contributed by atoms with Crippen LogP contribution in [0.3, 0.4) is 0 Å². The summed E-state index contributed by atoms with van der Waals surface area (Å²) in [6.07, 6.45) is 0.919. The van der Waals surface area contributed by atoms with Crippen LogP contribution in [0.2, 0.25) is 0 Å². The Hall–Kier alpha value is -1.89. The van der Waals surface area contributed by atoms with Crippen LogP contribution in [0.1, 0.15) is 27.2 Å². The Labute approximate surface area is 118 Å². The van der Waals surface area contributed by atoms with Gasteiger partial charge >= 0.3 is 0 Å². The second kappa shape index (κ2) is 7.04. The average molecular weight is 282 g/mol. The topological polar surface area (TPSA) is 89.3 Å². The van der Waals surface area contributed by atoms with Crippen LogP contribution in [0.4, 0.5) is 17.3 Å². The van der Waals surface area contributed by atoms with Crippen LogP contribution in [0.15, 0.2) is 12.1 Å². The van der Waals surface area contributed by atoms with Crippen LogP contribution >= 0.6 is 0 Å². The summed E-state index contributed by atoms with van der Waals surface area (Å²) in [7, 11) is 1.61. The summed E-state index contributed by atoms with van der Waals surface area (Å²) in [5.41, 5.74) is -0.353. The van der Waals surface area contributed by atoms with Gasteiger partial charge in [-0.3, -0.25) is 10.1 Å². The normalized spacial score (nSPS) is 11.2. The first-order chi connectivity index (χ1) is 9.38. The third-order valence-electron chi connectivity index (χ3n) is 2.55. The zero-order chi connectivity index (χ0) is 15.2. The van der Waals surface area contributed by atoms with E-state index in [0.29, 0.717) is 18.2 Å². The maximum absolute atomic E-state index is 11.0. The molecule has 0 saturated carbocycles. The van der Waals surface area contributed by atoms with Crippen LogP contribution in [0.25, 0.3) is 0 Å². The molecule has 0 atom stereocenters. The Morgan fingerprint density at radius 3 is 2.60 bits per heavy atom. The second-order valence-corrected chi connectivity index (χ2v) is 5.22. The van der Waals surface area contributed by atoms with E-state index in [-0.39, 0.29) is 11.2 Å². The fourth-order valence-electron chi connectivity index (χ4n) is 1.77. The zero-order valence-electron chi connectivity index (χ0n) is 12.4. The number of ether oxygens (including phenoxy) is 1. The molecule has 0 aliphatic rings. The van der Waals surface area contributed by atoms with Gasteiger partial charge < -0.3 is 15.4 Å². The van der Waals surface area contributed by atoms with Gasteiger partial charge in [0.2, 0.25) is 0 Å². The Balaban J connectivity index is 2.99. The van der Waals surface area contributed by atoms with Crippen molar-refractivity contribution in [1.29, 1.82) is 0 Å². The van der Waals surface area contributed by atoms with E-state index in [9.17, 15) is 10.1 Å². The zero-order valence-corrected chi connectivity index (χ0v) is 12.4. The number of pyridine rings is 1. The lowest BCUT2D eigenvalue weighted by Crippen LogP contribution is -2.36. The highest BCUT2D eigenvalue weighted by Crippen LogP contribution is 2.23. The van der Waals surface area contributed by atoms with Crippen molar-refractivity contribution < 1.29 is 9.66 Å². The molecule has 1 aromatic rings. The molecule has 1 aromatic heterocycles. The highest BCUT2D eigenvalue weighted by atomic mass is 16.6. The standard InChI is InChI=1S/C13H22N4O3/c1-5-6-14-11-7-10(17(18)19)8-12(15-11)16-13(2,3)9-20-4/h7-8H,5-6,9H2,1-4H3,(H2,14,15,16). The molecule has 0 aromatic carbocycles. The molecule has 0 fully saturated rings. The third-order valence-corrected chi connectivity index (χ3v) is 2.55. The number of rotatable bonds is 8. The van der Waals surface area contributed by atoms with Crippen molar-refractivity contribution in [2.75, 3.05) is 30.9 Å². The van der Waals surface area contributed by atoms with Crippen LogP contribution in [-0.2, 0) is 4.74 Å². The molecule has 1 rings (SSSR count). The fourth-order valence-corrected chi connectivity index (χ4v) is 1.77. The molecule has 0 bridgehead atoms. The van der Waals surface area contributed by atoms with E-state index in [1.807, 2.05) is 20.8 Å². The van der Waals surface area contributed by atoms with Gasteiger partial charge in [-0.05, 0) is 20.3 Å². The minimum atomic E-state index is -0.423.